The van der Waals surface area contributed by atoms with Gasteiger partial charge in [0.2, 0.25) is 15.9 Å². The van der Waals surface area contributed by atoms with Gasteiger partial charge in [0.1, 0.15) is 0 Å². The van der Waals surface area contributed by atoms with E-state index in [1.165, 1.54) is 4.31 Å². The first-order valence-electron chi connectivity index (χ1n) is 10.3. The average Bonchev–Trinajstić information content (AvgIpc) is 3.18. The first-order valence-corrected chi connectivity index (χ1v) is 12.1. The fraction of sp³-hybridized carbons (Fsp3) is 0.364. The molecule has 0 aromatic heterocycles. The molecular formula is C22H26ClN3O4S. The van der Waals surface area contributed by atoms with E-state index in [4.69, 9.17) is 11.6 Å². The van der Waals surface area contributed by atoms with Crippen molar-refractivity contribution in [2.45, 2.75) is 31.6 Å². The summed E-state index contributed by atoms with van der Waals surface area (Å²) in [4.78, 5) is 26.8. The number of fused-ring (bicyclic) bond motifs is 1. The summed E-state index contributed by atoms with van der Waals surface area (Å²) in [7, 11) is -3.54. The first kappa shape index (κ1) is 23.2. The van der Waals surface area contributed by atoms with Crippen LogP contribution < -0.4 is 10.2 Å². The molecular weight excluding hydrogens is 438 g/mol. The first-order chi connectivity index (χ1) is 14.8. The number of amides is 2. The molecule has 1 heterocycles. The highest BCUT2D eigenvalue weighted by Crippen LogP contribution is 2.31. The average molecular weight is 464 g/mol. The zero-order valence-electron chi connectivity index (χ0n) is 17.6. The van der Waals surface area contributed by atoms with Crippen molar-refractivity contribution in [3.63, 3.8) is 0 Å². The van der Waals surface area contributed by atoms with Crippen LogP contribution in [0.2, 0.25) is 5.02 Å². The van der Waals surface area contributed by atoms with Gasteiger partial charge in [-0.2, -0.15) is 4.31 Å². The summed E-state index contributed by atoms with van der Waals surface area (Å²) < 4.78 is 26.9. The number of rotatable bonds is 8. The van der Waals surface area contributed by atoms with Crippen molar-refractivity contribution < 1.29 is 18.0 Å². The molecule has 0 saturated heterocycles. The minimum atomic E-state index is -3.54. The Hall–Kier alpha value is -2.42. The molecule has 0 fully saturated rings. The molecule has 0 unspecified atom stereocenters. The smallest absolute Gasteiger partial charge is 0.252 e. The summed E-state index contributed by atoms with van der Waals surface area (Å²) >= 11 is 6.02. The van der Waals surface area contributed by atoms with Crippen LogP contribution in [0.1, 0.15) is 36.2 Å². The van der Waals surface area contributed by atoms with Crippen molar-refractivity contribution in [2.24, 2.45) is 0 Å². The van der Waals surface area contributed by atoms with Gasteiger partial charge < -0.3 is 10.2 Å². The summed E-state index contributed by atoms with van der Waals surface area (Å²) in [5.74, 6) is -0.455. The topological polar surface area (TPSA) is 86.8 Å². The quantitative estimate of drug-likeness (QED) is 0.651. The zero-order chi connectivity index (χ0) is 22.6. The number of hydrogen-bond donors (Lipinski definition) is 1. The number of benzene rings is 2. The van der Waals surface area contributed by atoms with Crippen LogP contribution in [-0.2, 0) is 21.2 Å². The molecule has 7 nitrogen and oxygen atoms in total. The van der Waals surface area contributed by atoms with Crippen molar-refractivity contribution in [3.8, 4) is 0 Å². The Morgan fingerprint density at radius 2 is 1.84 bits per heavy atom. The molecule has 9 heteroatoms. The Bertz CT molecular complexity index is 1080. The Balaban J connectivity index is 1.64. The van der Waals surface area contributed by atoms with E-state index in [2.05, 4.69) is 5.32 Å². The number of carbonyl (C=O) groups is 2. The number of anilines is 1. The fourth-order valence-electron chi connectivity index (χ4n) is 3.67. The molecule has 2 amide bonds. The van der Waals surface area contributed by atoms with Crippen LogP contribution in [0.4, 0.5) is 5.69 Å². The van der Waals surface area contributed by atoms with E-state index in [0.29, 0.717) is 36.6 Å². The number of nitrogens with one attached hydrogen (secondary N) is 1. The standard InChI is InChI=1S/C22H26ClN3O4S/c1-3-25(4-2)31(29,30)17-9-10-20-16(15-17)12-14-26(20)21(27)11-13-24-22(28)18-7-5-6-8-19(18)23/h5-10,15H,3-4,11-14H2,1-2H3,(H,24,28). The molecule has 0 spiro atoms. The third kappa shape index (κ3) is 4.92. The molecule has 1 aliphatic rings. The second-order valence-corrected chi connectivity index (χ2v) is 9.51. The lowest BCUT2D eigenvalue weighted by atomic mass is 10.2. The van der Waals surface area contributed by atoms with E-state index >= 15 is 0 Å². The Morgan fingerprint density at radius 3 is 2.52 bits per heavy atom. The predicted octanol–water partition coefficient (Wildman–Crippen LogP) is 3.08. The number of halogens is 1. The molecule has 2 aromatic carbocycles. The molecule has 0 aliphatic carbocycles. The highest BCUT2D eigenvalue weighted by Gasteiger charge is 2.28. The van der Waals surface area contributed by atoms with E-state index in [0.717, 1.165) is 11.3 Å². The Labute approximate surface area is 188 Å². The van der Waals surface area contributed by atoms with Gasteiger partial charge in [0.05, 0.1) is 15.5 Å². The molecule has 3 rings (SSSR count). The maximum Gasteiger partial charge on any atom is 0.252 e. The second-order valence-electron chi connectivity index (χ2n) is 7.16. The normalized spacial score (nSPS) is 13.4. The molecule has 0 saturated carbocycles. The largest absolute Gasteiger partial charge is 0.351 e. The third-order valence-corrected chi connectivity index (χ3v) is 7.71. The van der Waals surface area contributed by atoms with Crippen LogP contribution in [0.25, 0.3) is 0 Å². The monoisotopic (exact) mass is 463 g/mol. The molecule has 0 bridgehead atoms. The van der Waals surface area contributed by atoms with Crippen LogP contribution in [0.5, 0.6) is 0 Å². The number of hydrogen-bond acceptors (Lipinski definition) is 4. The molecule has 2 aromatic rings. The molecule has 1 aliphatic heterocycles. The van der Waals surface area contributed by atoms with Crippen molar-refractivity contribution >= 4 is 39.1 Å². The van der Waals surface area contributed by atoms with E-state index in [-0.39, 0.29) is 29.7 Å². The lowest BCUT2D eigenvalue weighted by Gasteiger charge is -2.20. The maximum atomic E-state index is 12.8. The van der Waals surface area contributed by atoms with Gasteiger partial charge in [-0.3, -0.25) is 9.59 Å². The minimum absolute atomic E-state index is 0.127. The molecule has 31 heavy (non-hydrogen) atoms. The van der Waals surface area contributed by atoms with Crippen molar-refractivity contribution in [2.75, 3.05) is 31.1 Å². The number of carbonyl (C=O) groups excluding carboxylic acids is 2. The van der Waals surface area contributed by atoms with Crippen LogP contribution in [0.3, 0.4) is 0 Å². The van der Waals surface area contributed by atoms with E-state index in [1.54, 1.807) is 61.2 Å². The summed E-state index contributed by atoms with van der Waals surface area (Å²) in [6.45, 7) is 5.09. The SMILES string of the molecule is CCN(CC)S(=O)(=O)c1ccc2c(c1)CCN2C(=O)CCNC(=O)c1ccccc1Cl. The third-order valence-electron chi connectivity index (χ3n) is 5.33. The summed E-state index contributed by atoms with van der Waals surface area (Å²) in [6, 6.07) is 11.6. The van der Waals surface area contributed by atoms with Crippen molar-refractivity contribution in [1.29, 1.82) is 0 Å². The fourth-order valence-corrected chi connectivity index (χ4v) is 5.40. The van der Waals surface area contributed by atoms with Gasteiger partial charge in [0.15, 0.2) is 0 Å². The summed E-state index contributed by atoms with van der Waals surface area (Å²) in [5, 5.41) is 3.07. The predicted molar refractivity (Wildman–Crippen MR) is 121 cm³/mol. The van der Waals surface area contributed by atoms with Crippen molar-refractivity contribution in [1.82, 2.24) is 9.62 Å². The van der Waals surface area contributed by atoms with E-state index in [1.807, 2.05) is 0 Å². The van der Waals surface area contributed by atoms with E-state index < -0.39 is 10.0 Å². The summed E-state index contributed by atoms with van der Waals surface area (Å²) in [6.07, 6.45) is 0.726. The van der Waals surface area contributed by atoms with Gasteiger partial charge in [0, 0.05) is 38.3 Å². The lowest BCUT2D eigenvalue weighted by Crippen LogP contribution is -2.33. The van der Waals surface area contributed by atoms with Crippen LogP contribution in [0.15, 0.2) is 47.4 Å². The Kier molecular flexibility index (Phi) is 7.35. The van der Waals surface area contributed by atoms with Crippen LogP contribution in [-0.4, -0.2) is 50.7 Å². The van der Waals surface area contributed by atoms with Gasteiger partial charge in [-0.25, -0.2) is 8.42 Å². The maximum absolute atomic E-state index is 12.8. The number of sulfonamides is 1. The minimum Gasteiger partial charge on any atom is -0.351 e. The molecule has 166 valence electrons. The Morgan fingerprint density at radius 1 is 1.13 bits per heavy atom. The molecule has 0 atom stereocenters. The van der Waals surface area contributed by atoms with E-state index in [9.17, 15) is 18.0 Å². The zero-order valence-corrected chi connectivity index (χ0v) is 19.2. The second kappa shape index (κ2) is 9.80. The lowest BCUT2D eigenvalue weighted by molar-refractivity contribution is -0.118. The van der Waals surface area contributed by atoms with Gasteiger partial charge in [-0.1, -0.05) is 37.6 Å². The highest BCUT2D eigenvalue weighted by molar-refractivity contribution is 7.89. The van der Waals surface area contributed by atoms with Crippen LogP contribution >= 0.6 is 11.6 Å². The van der Waals surface area contributed by atoms with Gasteiger partial charge in [-0.15, -0.1) is 0 Å². The van der Waals surface area contributed by atoms with Gasteiger partial charge in [-0.05, 0) is 42.3 Å². The van der Waals surface area contributed by atoms with Crippen LogP contribution in [0, 0.1) is 0 Å². The van der Waals surface area contributed by atoms with Crippen molar-refractivity contribution in [3.05, 3.63) is 58.6 Å². The highest BCUT2D eigenvalue weighted by atomic mass is 35.5. The molecule has 1 N–H and O–H groups in total. The van der Waals surface area contributed by atoms with Gasteiger partial charge >= 0.3 is 0 Å². The summed E-state index contributed by atoms with van der Waals surface area (Å²) in [5.41, 5.74) is 1.92. The number of nitrogens with zero attached hydrogens (tertiary/aromatic N) is 2. The van der Waals surface area contributed by atoms with Gasteiger partial charge in [0.25, 0.3) is 5.91 Å². The molecule has 0 radical (unpaired) electrons.